The SMILES string of the molecule is CNCCOCc1ccc(OC)c(OC)c1. The Labute approximate surface area is 96.5 Å². The van der Waals surface area contributed by atoms with Gasteiger partial charge in [0.1, 0.15) is 0 Å². The van der Waals surface area contributed by atoms with E-state index < -0.39 is 0 Å². The Hall–Kier alpha value is -1.26. The molecule has 0 saturated carbocycles. The average Bonchev–Trinajstić information content (AvgIpc) is 2.34. The molecule has 0 bridgehead atoms. The summed E-state index contributed by atoms with van der Waals surface area (Å²) in [6.45, 7) is 2.14. The summed E-state index contributed by atoms with van der Waals surface area (Å²) in [6.07, 6.45) is 0. The number of methoxy groups -OCH3 is 2. The molecule has 0 saturated heterocycles. The van der Waals surface area contributed by atoms with Gasteiger partial charge in [-0.25, -0.2) is 0 Å². The van der Waals surface area contributed by atoms with Crippen molar-refractivity contribution in [2.45, 2.75) is 6.61 Å². The van der Waals surface area contributed by atoms with Crippen LogP contribution < -0.4 is 14.8 Å². The molecule has 0 radical (unpaired) electrons. The minimum atomic E-state index is 0.585. The van der Waals surface area contributed by atoms with Gasteiger partial charge >= 0.3 is 0 Å². The maximum Gasteiger partial charge on any atom is 0.161 e. The highest BCUT2D eigenvalue weighted by molar-refractivity contribution is 5.42. The molecule has 4 heteroatoms. The van der Waals surface area contributed by atoms with Crippen molar-refractivity contribution >= 4 is 0 Å². The van der Waals surface area contributed by atoms with Crippen LogP contribution in [0.4, 0.5) is 0 Å². The zero-order valence-electron chi connectivity index (χ0n) is 10.1. The van der Waals surface area contributed by atoms with Gasteiger partial charge in [0, 0.05) is 6.54 Å². The van der Waals surface area contributed by atoms with Crippen molar-refractivity contribution in [3.8, 4) is 11.5 Å². The van der Waals surface area contributed by atoms with Crippen LogP contribution in [-0.4, -0.2) is 34.4 Å². The minimum Gasteiger partial charge on any atom is -0.493 e. The maximum atomic E-state index is 5.47. The van der Waals surface area contributed by atoms with Gasteiger partial charge in [-0.3, -0.25) is 0 Å². The highest BCUT2D eigenvalue weighted by atomic mass is 16.5. The van der Waals surface area contributed by atoms with Gasteiger partial charge in [0.2, 0.25) is 0 Å². The Morgan fingerprint density at radius 1 is 1.12 bits per heavy atom. The molecule has 4 nitrogen and oxygen atoms in total. The molecule has 1 N–H and O–H groups in total. The summed E-state index contributed by atoms with van der Waals surface area (Å²) in [7, 11) is 5.16. The lowest BCUT2D eigenvalue weighted by Crippen LogP contribution is -2.14. The van der Waals surface area contributed by atoms with Gasteiger partial charge in [-0.1, -0.05) is 6.07 Å². The maximum absolute atomic E-state index is 5.47. The van der Waals surface area contributed by atoms with Crippen LogP contribution in [0.1, 0.15) is 5.56 Å². The van der Waals surface area contributed by atoms with E-state index in [9.17, 15) is 0 Å². The van der Waals surface area contributed by atoms with Crippen molar-refractivity contribution < 1.29 is 14.2 Å². The fourth-order valence-corrected chi connectivity index (χ4v) is 1.33. The topological polar surface area (TPSA) is 39.7 Å². The molecular weight excluding hydrogens is 206 g/mol. The smallest absolute Gasteiger partial charge is 0.161 e. The molecule has 16 heavy (non-hydrogen) atoms. The fraction of sp³-hybridized carbons (Fsp3) is 0.500. The molecule has 1 aromatic rings. The first-order valence-corrected chi connectivity index (χ1v) is 5.25. The fourth-order valence-electron chi connectivity index (χ4n) is 1.33. The van der Waals surface area contributed by atoms with E-state index in [1.165, 1.54) is 0 Å². The van der Waals surface area contributed by atoms with Crippen LogP contribution in [-0.2, 0) is 11.3 Å². The van der Waals surface area contributed by atoms with E-state index in [0.717, 1.165) is 23.6 Å². The first kappa shape index (κ1) is 12.8. The normalized spacial score (nSPS) is 10.2. The first-order valence-electron chi connectivity index (χ1n) is 5.25. The summed E-state index contributed by atoms with van der Waals surface area (Å²) in [4.78, 5) is 0. The summed E-state index contributed by atoms with van der Waals surface area (Å²) in [5, 5.41) is 3.03. The van der Waals surface area contributed by atoms with Crippen molar-refractivity contribution in [2.75, 3.05) is 34.4 Å². The summed E-state index contributed by atoms with van der Waals surface area (Å²) in [5.74, 6) is 1.47. The number of nitrogens with one attached hydrogen (secondary N) is 1. The zero-order valence-corrected chi connectivity index (χ0v) is 10.1. The molecule has 90 valence electrons. The number of ether oxygens (including phenoxy) is 3. The van der Waals surface area contributed by atoms with Crippen molar-refractivity contribution in [2.24, 2.45) is 0 Å². The monoisotopic (exact) mass is 225 g/mol. The third-order valence-electron chi connectivity index (χ3n) is 2.21. The molecule has 1 aromatic carbocycles. The van der Waals surface area contributed by atoms with Gasteiger partial charge in [-0.2, -0.15) is 0 Å². The minimum absolute atomic E-state index is 0.585. The lowest BCUT2D eigenvalue weighted by atomic mass is 10.2. The Morgan fingerprint density at radius 3 is 2.50 bits per heavy atom. The number of likely N-dealkylation sites (N-methyl/N-ethyl adjacent to an activating group) is 1. The van der Waals surface area contributed by atoms with Crippen LogP contribution in [0.5, 0.6) is 11.5 Å². The van der Waals surface area contributed by atoms with E-state index in [1.54, 1.807) is 14.2 Å². The highest BCUT2D eigenvalue weighted by Crippen LogP contribution is 2.27. The summed E-state index contributed by atoms with van der Waals surface area (Å²) >= 11 is 0. The Bertz CT molecular complexity index is 315. The van der Waals surface area contributed by atoms with Crippen LogP contribution >= 0.6 is 0 Å². The number of benzene rings is 1. The van der Waals surface area contributed by atoms with E-state index in [2.05, 4.69) is 5.32 Å². The first-order chi connectivity index (χ1) is 7.81. The molecule has 0 aliphatic heterocycles. The number of hydrogen-bond donors (Lipinski definition) is 1. The van der Waals surface area contributed by atoms with E-state index in [1.807, 2.05) is 25.2 Å². The van der Waals surface area contributed by atoms with E-state index >= 15 is 0 Å². The third kappa shape index (κ3) is 3.72. The van der Waals surface area contributed by atoms with E-state index in [0.29, 0.717) is 13.2 Å². The Morgan fingerprint density at radius 2 is 1.88 bits per heavy atom. The summed E-state index contributed by atoms with van der Waals surface area (Å²) in [6, 6.07) is 5.79. The van der Waals surface area contributed by atoms with Gasteiger partial charge in [0.05, 0.1) is 27.4 Å². The van der Waals surface area contributed by atoms with Gasteiger partial charge in [0.25, 0.3) is 0 Å². The van der Waals surface area contributed by atoms with Gasteiger partial charge < -0.3 is 19.5 Å². The van der Waals surface area contributed by atoms with Crippen molar-refractivity contribution in [3.05, 3.63) is 23.8 Å². The van der Waals surface area contributed by atoms with Crippen LogP contribution in [0, 0.1) is 0 Å². The molecular formula is C12H19NO3. The van der Waals surface area contributed by atoms with Gasteiger partial charge in [-0.05, 0) is 24.7 Å². The standard InChI is InChI=1S/C12H19NO3/c1-13-6-7-16-9-10-4-5-11(14-2)12(8-10)15-3/h4-5,8,13H,6-7,9H2,1-3H3. The molecule has 0 amide bonds. The van der Waals surface area contributed by atoms with Crippen LogP contribution in [0.15, 0.2) is 18.2 Å². The predicted octanol–water partition coefficient (Wildman–Crippen LogP) is 1.44. The Balaban J connectivity index is 2.54. The van der Waals surface area contributed by atoms with Crippen molar-refractivity contribution in [3.63, 3.8) is 0 Å². The molecule has 0 spiro atoms. The number of hydrogen-bond acceptors (Lipinski definition) is 4. The molecule has 0 aliphatic rings. The summed E-state index contributed by atoms with van der Waals surface area (Å²) in [5.41, 5.74) is 1.08. The average molecular weight is 225 g/mol. The molecule has 0 fully saturated rings. The quantitative estimate of drug-likeness (QED) is 0.713. The van der Waals surface area contributed by atoms with Gasteiger partial charge in [-0.15, -0.1) is 0 Å². The molecule has 0 aliphatic carbocycles. The molecule has 0 heterocycles. The second kappa shape index (κ2) is 7.09. The summed E-state index contributed by atoms with van der Waals surface area (Å²) < 4.78 is 15.8. The van der Waals surface area contributed by atoms with E-state index in [4.69, 9.17) is 14.2 Å². The predicted molar refractivity (Wildman–Crippen MR) is 63.1 cm³/mol. The molecule has 1 rings (SSSR count). The largest absolute Gasteiger partial charge is 0.493 e. The Kier molecular flexibility index (Phi) is 5.67. The van der Waals surface area contributed by atoms with Crippen molar-refractivity contribution in [1.82, 2.24) is 5.32 Å². The van der Waals surface area contributed by atoms with Crippen LogP contribution in [0.3, 0.4) is 0 Å². The molecule has 0 unspecified atom stereocenters. The van der Waals surface area contributed by atoms with Crippen LogP contribution in [0.2, 0.25) is 0 Å². The zero-order chi connectivity index (χ0) is 11.8. The molecule has 0 aromatic heterocycles. The number of rotatable bonds is 7. The van der Waals surface area contributed by atoms with E-state index in [-0.39, 0.29) is 0 Å². The highest BCUT2D eigenvalue weighted by Gasteiger charge is 2.04. The second-order valence-electron chi connectivity index (χ2n) is 3.35. The van der Waals surface area contributed by atoms with Crippen molar-refractivity contribution in [1.29, 1.82) is 0 Å². The van der Waals surface area contributed by atoms with Gasteiger partial charge in [0.15, 0.2) is 11.5 Å². The second-order valence-corrected chi connectivity index (χ2v) is 3.35. The van der Waals surface area contributed by atoms with Crippen LogP contribution in [0.25, 0.3) is 0 Å². The third-order valence-corrected chi connectivity index (χ3v) is 2.21. The lowest BCUT2D eigenvalue weighted by Gasteiger charge is -2.09. The molecule has 0 atom stereocenters. The lowest BCUT2D eigenvalue weighted by molar-refractivity contribution is 0.124.